The maximum atomic E-state index is 12.3. The molecule has 1 N–H and O–H groups in total. The van der Waals surface area contributed by atoms with Gasteiger partial charge in [-0.05, 0) is 29.8 Å². The molecule has 0 saturated heterocycles. The van der Waals surface area contributed by atoms with Gasteiger partial charge in [-0.25, -0.2) is 0 Å². The molecule has 0 unspecified atom stereocenters. The fourth-order valence-corrected chi connectivity index (χ4v) is 1.97. The molecule has 0 bridgehead atoms. The van der Waals surface area contributed by atoms with Crippen LogP contribution in [0.3, 0.4) is 0 Å². The number of amides is 1. The van der Waals surface area contributed by atoms with Crippen LogP contribution in [0.15, 0.2) is 54.6 Å². The standard InChI is InChI=1S/C18H14F2N2O2/c19-18(20)24-16-4-2-1-3-14(16)7-10-17(23)22-15-8-5-13(6-9-15)11-12-21/h1-10,18H,11H2,(H,22,23)/b10-7+. The van der Waals surface area contributed by atoms with E-state index < -0.39 is 12.5 Å². The Kier molecular flexibility index (Phi) is 6.03. The number of alkyl halides is 2. The van der Waals surface area contributed by atoms with Crippen molar-refractivity contribution in [3.63, 3.8) is 0 Å². The number of rotatable bonds is 6. The van der Waals surface area contributed by atoms with Crippen LogP contribution in [0.2, 0.25) is 0 Å². The summed E-state index contributed by atoms with van der Waals surface area (Å²) in [5.41, 5.74) is 1.80. The minimum atomic E-state index is -2.93. The second kappa shape index (κ2) is 8.44. The maximum Gasteiger partial charge on any atom is 0.387 e. The average Bonchev–Trinajstić information content (AvgIpc) is 2.56. The number of benzene rings is 2. The molecule has 4 nitrogen and oxygen atoms in total. The van der Waals surface area contributed by atoms with Crippen molar-refractivity contribution >= 4 is 17.7 Å². The molecule has 2 rings (SSSR count). The minimum absolute atomic E-state index is 0.00240. The van der Waals surface area contributed by atoms with E-state index in [9.17, 15) is 13.6 Å². The first-order valence-electron chi connectivity index (χ1n) is 7.07. The van der Waals surface area contributed by atoms with Gasteiger partial charge >= 0.3 is 6.61 Å². The van der Waals surface area contributed by atoms with E-state index in [1.54, 1.807) is 42.5 Å². The van der Waals surface area contributed by atoms with Crippen LogP contribution in [0.25, 0.3) is 6.08 Å². The highest BCUT2D eigenvalue weighted by Gasteiger charge is 2.07. The molecular weight excluding hydrogens is 314 g/mol. The molecule has 0 spiro atoms. The number of hydrogen-bond donors (Lipinski definition) is 1. The Morgan fingerprint density at radius 3 is 2.58 bits per heavy atom. The molecule has 0 atom stereocenters. The molecule has 0 saturated carbocycles. The number of carbonyl (C=O) groups excluding carboxylic acids is 1. The van der Waals surface area contributed by atoms with E-state index in [2.05, 4.69) is 10.1 Å². The van der Waals surface area contributed by atoms with Crippen molar-refractivity contribution < 1.29 is 18.3 Å². The van der Waals surface area contributed by atoms with Crippen molar-refractivity contribution in [2.45, 2.75) is 13.0 Å². The van der Waals surface area contributed by atoms with Gasteiger partial charge in [0, 0.05) is 17.3 Å². The Balaban J connectivity index is 2.02. The van der Waals surface area contributed by atoms with Crippen LogP contribution in [-0.4, -0.2) is 12.5 Å². The molecule has 2 aromatic rings. The summed E-state index contributed by atoms with van der Waals surface area (Å²) in [5.74, 6) is -0.410. The molecule has 0 heterocycles. The number of nitrogens with one attached hydrogen (secondary N) is 1. The molecule has 0 radical (unpaired) electrons. The van der Waals surface area contributed by atoms with E-state index >= 15 is 0 Å². The summed E-state index contributed by atoms with van der Waals surface area (Å²) in [6.45, 7) is -2.93. The molecule has 0 aliphatic carbocycles. The van der Waals surface area contributed by atoms with Crippen LogP contribution in [0, 0.1) is 11.3 Å². The van der Waals surface area contributed by atoms with Crippen LogP contribution < -0.4 is 10.1 Å². The number of halogens is 2. The van der Waals surface area contributed by atoms with Crippen LogP contribution >= 0.6 is 0 Å². The van der Waals surface area contributed by atoms with E-state index in [4.69, 9.17) is 5.26 Å². The number of carbonyl (C=O) groups is 1. The zero-order chi connectivity index (χ0) is 17.4. The van der Waals surface area contributed by atoms with Gasteiger partial charge in [-0.3, -0.25) is 4.79 Å². The zero-order valence-electron chi connectivity index (χ0n) is 12.6. The number of para-hydroxylation sites is 1. The lowest BCUT2D eigenvalue weighted by molar-refractivity contribution is -0.111. The first-order valence-corrected chi connectivity index (χ1v) is 7.07. The second-order valence-corrected chi connectivity index (χ2v) is 4.77. The molecule has 0 aliphatic heterocycles. The molecule has 1 amide bonds. The monoisotopic (exact) mass is 328 g/mol. The lowest BCUT2D eigenvalue weighted by atomic mass is 10.1. The van der Waals surface area contributed by atoms with Gasteiger partial charge in [0.05, 0.1) is 12.5 Å². The van der Waals surface area contributed by atoms with E-state index in [0.717, 1.165) is 5.56 Å². The van der Waals surface area contributed by atoms with Gasteiger partial charge in [0.15, 0.2) is 0 Å². The third kappa shape index (κ3) is 5.21. The van der Waals surface area contributed by atoms with E-state index in [1.807, 2.05) is 6.07 Å². The summed E-state index contributed by atoms with van der Waals surface area (Å²) < 4.78 is 29.0. The normalized spacial score (nSPS) is 10.6. The van der Waals surface area contributed by atoms with Crippen molar-refractivity contribution in [1.82, 2.24) is 0 Å². The second-order valence-electron chi connectivity index (χ2n) is 4.77. The third-order valence-electron chi connectivity index (χ3n) is 3.05. The number of hydrogen-bond acceptors (Lipinski definition) is 3. The Morgan fingerprint density at radius 2 is 1.92 bits per heavy atom. The topological polar surface area (TPSA) is 62.1 Å². The van der Waals surface area contributed by atoms with Crippen LogP contribution in [0.5, 0.6) is 5.75 Å². The zero-order valence-corrected chi connectivity index (χ0v) is 12.6. The largest absolute Gasteiger partial charge is 0.434 e. The Morgan fingerprint density at radius 1 is 1.21 bits per heavy atom. The SMILES string of the molecule is N#CCc1ccc(NC(=O)/C=C/c2ccccc2OC(F)F)cc1. The highest BCUT2D eigenvalue weighted by Crippen LogP contribution is 2.21. The smallest absolute Gasteiger partial charge is 0.387 e. The minimum Gasteiger partial charge on any atom is -0.434 e. The predicted molar refractivity (Wildman–Crippen MR) is 86.5 cm³/mol. The fourth-order valence-electron chi connectivity index (χ4n) is 1.97. The lowest BCUT2D eigenvalue weighted by Gasteiger charge is -2.07. The highest BCUT2D eigenvalue weighted by molar-refractivity contribution is 6.02. The van der Waals surface area contributed by atoms with Gasteiger partial charge < -0.3 is 10.1 Å². The quantitative estimate of drug-likeness (QED) is 0.815. The molecule has 6 heteroatoms. The van der Waals surface area contributed by atoms with Gasteiger partial charge in [-0.1, -0.05) is 30.3 Å². The molecule has 0 aromatic heterocycles. The summed E-state index contributed by atoms with van der Waals surface area (Å²) in [6, 6.07) is 15.1. The van der Waals surface area contributed by atoms with Crippen LogP contribution in [-0.2, 0) is 11.2 Å². The number of nitriles is 1. The van der Waals surface area contributed by atoms with Gasteiger partial charge in [0.1, 0.15) is 5.75 Å². The van der Waals surface area contributed by atoms with E-state index in [0.29, 0.717) is 17.7 Å². The maximum absolute atomic E-state index is 12.3. The van der Waals surface area contributed by atoms with Crippen LogP contribution in [0.4, 0.5) is 14.5 Å². The average molecular weight is 328 g/mol. The molecule has 0 fully saturated rings. The van der Waals surface area contributed by atoms with Crippen molar-refractivity contribution in [3.8, 4) is 11.8 Å². The number of nitrogens with zero attached hydrogens (tertiary/aromatic N) is 1. The highest BCUT2D eigenvalue weighted by atomic mass is 19.3. The van der Waals surface area contributed by atoms with Crippen molar-refractivity contribution in [1.29, 1.82) is 5.26 Å². The predicted octanol–water partition coefficient (Wildman–Crippen LogP) is 4.01. The van der Waals surface area contributed by atoms with Crippen molar-refractivity contribution in [2.75, 3.05) is 5.32 Å². The molecule has 122 valence electrons. The molecule has 0 aliphatic rings. The summed E-state index contributed by atoms with van der Waals surface area (Å²) in [7, 11) is 0. The van der Waals surface area contributed by atoms with E-state index in [1.165, 1.54) is 18.2 Å². The summed E-state index contributed by atoms with van der Waals surface area (Å²) >= 11 is 0. The van der Waals surface area contributed by atoms with Gasteiger partial charge in [-0.15, -0.1) is 0 Å². The molecule has 2 aromatic carbocycles. The van der Waals surface area contributed by atoms with Gasteiger partial charge in [-0.2, -0.15) is 14.0 Å². The van der Waals surface area contributed by atoms with Crippen LogP contribution in [0.1, 0.15) is 11.1 Å². The van der Waals surface area contributed by atoms with Crippen molar-refractivity contribution in [2.24, 2.45) is 0 Å². The first kappa shape index (κ1) is 17.2. The summed E-state index contributed by atoms with van der Waals surface area (Å²) in [6.07, 6.45) is 2.93. The van der Waals surface area contributed by atoms with Gasteiger partial charge in [0.25, 0.3) is 0 Å². The van der Waals surface area contributed by atoms with Gasteiger partial charge in [0.2, 0.25) is 5.91 Å². The fraction of sp³-hybridized carbons (Fsp3) is 0.111. The first-order chi connectivity index (χ1) is 11.6. The van der Waals surface area contributed by atoms with Crippen molar-refractivity contribution in [3.05, 3.63) is 65.7 Å². The number of anilines is 1. The Labute approximate surface area is 138 Å². The molecule has 24 heavy (non-hydrogen) atoms. The summed E-state index contributed by atoms with van der Waals surface area (Å²) in [4.78, 5) is 11.9. The summed E-state index contributed by atoms with van der Waals surface area (Å²) in [5, 5.41) is 11.2. The number of ether oxygens (including phenoxy) is 1. The Hall–Kier alpha value is -3.20. The lowest BCUT2D eigenvalue weighted by Crippen LogP contribution is -2.08. The van der Waals surface area contributed by atoms with E-state index in [-0.39, 0.29) is 5.75 Å². The molecular formula is C18H14F2N2O2. The third-order valence-corrected chi connectivity index (χ3v) is 3.05. The Bertz CT molecular complexity index is 765.